The Morgan fingerprint density at radius 2 is 2.10 bits per heavy atom. The third-order valence-corrected chi connectivity index (χ3v) is 5.20. The molecule has 1 atom stereocenters. The molecule has 2 rings (SSSR count). The van der Waals surface area contributed by atoms with Gasteiger partial charge in [0.25, 0.3) is 0 Å². The molecule has 0 radical (unpaired) electrons. The van der Waals surface area contributed by atoms with Gasteiger partial charge in [-0.2, -0.15) is 0 Å². The number of rotatable bonds is 5. The van der Waals surface area contributed by atoms with Crippen molar-refractivity contribution < 1.29 is 13.2 Å². The predicted octanol–water partition coefficient (Wildman–Crippen LogP) is 2.14. The Balaban J connectivity index is 1.97. The molecule has 0 bridgehead atoms. The molecule has 4 nitrogen and oxygen atoms in total. The minimum absolute atomic E-state index is 0.0563. The molecule has 1 aromatic rings. The largest absolute Gasteiger partial charge is 0.491 e. The molecule has 112 valence electrons. The highest BCUT2D eigenvalue weighted by molar-refractivity contribution is 7.91. The van der Waals surface area contributed by atoms with Gasteiger partial charge in [-0.1, -0.05) is 18.2 Å². The maximum Gasteiger partial charge on any atom is 0.151 e. The number of ether oxygens (including phenoxy) is 1. The standard InChI is InChI=1S/C15H23NO3S/c1-12(2)19-15-8-4-3-6-13(15)10-16-14-7-5-9-20(17,18)11-14/h3-4,6,8,12,14,16H,5,7,9-11H2,1-2H3. The molecule has 1 heterocycles. The minimum Gasteiger partial charge on any atom is -0.491 e. The molecule has 0 spiro atoms. The first-order valence-corrected chi connectivity index (χ1v) is 8.97. The summed E-state index contributed by atoms with van der Waals surface area (Å²) in [6, 6.07) is 7.95. The first-order chi connectivity index (χ1) is 9.46. The summed E-state index contributed by atoms with van der Waals surface area (Å²) in [6.45, 7) is 4.64. The van der Waals surface area contributed by atoms with Gasteiger partial charge in [-0.05, 0) is 32.8 Å². The zero-order valence-corrected chi connectivity index (χ0v) is 12.9. The fourth-order valence-corrected chi connectivity index (χ4v) is 4.13. The molecular formula is C15H23NO3S. The van der Waals surface area contributed by atoms with Crippen LogP contribution >= 0.6 is 0 Å². The quantitative estimate of drug-likeness (QED) is 0.904. The van der Waals surface area contributed by atoms with E-state index in [1.807, 2.05) is 38.1 Å². The van der Waals surface area contributed by atoms with Crippen molar-refractivity contribution in [3.63, 3.8) is 0 Å². The molecular weight excluding hydrogens is 274 g/mol. The van der Waals surface area contributed by atoms with Crippen molar-refractivity contribution in [2.24, 2.45) is 0 Å². The third kappa shape index (κ3) is 4.49. The number of benzene rings is 1. The third-order valence-electron chi connectivity index (χ3n) is 3.38. The fourth-order valence-electron chi connectivity index (χ4n) is 2.46. The highest BCUT2D eigenvalue weighted by Gasteiger charge is 2.24. The van der Waals surface area contributed by atoms with Crippen molar-refractivity contribution in [2.75, 3.05) is 11.5 Å². The lowest BCUT2D eigenvalue weighted by atomic mass is 10.1. The molecule has 1 aliphatic heterocycles. The van der Waals surface area contributed by atoms with Crippen molar-refractivity contribution in [3.8, 4) is 5.75 Å². The molecule has 1 unspecified atom stereocenters. The summed E-state index contributed by atoms with van der Waals surface area (Å²) in [5.41, 5.74) is 1.07. The molecule has 1 aliphatic rings. The van der Waals surface area contributed by atoms with Crippen molar-refractivity contribution in [1.82, 2.24) is 5.32 Å². The van der Waals surface area contributed by atoms with Gasteiger partial charge in [0.2, 0.25) is 0 Å². The Morgan fingerprint density at radius 3 is 2.80 bits per heavy atom. The van der Waals surface area contributed by atoms with E-state index in [9.17, 15) is 8.42 Å². The number of hydrogen-bond acceptors (Lipinski definition) is 4. The molecule has 20 heavy (non-hydrogen) atoms. The van der Waals surface area contributed by atoms with Crippen LogP contribution in [0.3, 0.4) is 0 Å². The lowest BCUT2D eigenvalue weighted by molar-refractivity contribution is 0.239. The van der Waals surface area contributed by atoms with Crippen LogP contribution in [-0.4, -0.2) is 32.1 Å². The van der Waals surface area contributed by atoms with E-state index in [4.69, 9.17) is 4.74 Å². The molecule has 0 aromatic heterocycles. The lowest BCUT2D eigenvalue weighted by Crippen LogP contribution is -2.39. The van der Waals surface area contributed by atoms with E-state index in [0.29, 0.717) is 12.3 Å². The van der Waals surface area contributed by atoms with Crippen LogP contribution in [-0.2, 0) is 16.4 Å². The number of hydrogen-bond donors (Lipinski definition) is 1. The molecule has 0 saturated carbocycles. The first kappa shape index (κ1) is 15.3. The number of para-hydroxylation sites is 1. The van der Waals surface area contributed by atoms with Crippen molar-refractivity contribution in [1.29, 1.82) is 0 Å². The number of sulfone groups is 1. The maximum atomic E-state index is 11.6. The summed E-state index contributed by atoms with van der Waals surface area (Å²) in [5.74, 6) is 1.45. The Labute approximate surface area is 121 Å². The van der Waals surface area contributed by atoms with E-state index in [2.05, 4.69) is 5.32 Å². The van der Waals surface area contributed by atoms with Crippen LogP contribution in [0.25, 0.3) is 0 Å². The van der Waals surface area contributed by atoms with Crippen molar-refractivity contribution in [3.05, 3.63) is 29.8 Å². The Hall–Kier alpha value is -1.07. The van der Waals surface area contributed by atoms with Gasteiger partial charge in [-0.25, -0.2) is 8.42 Å². The SMILES string of the molecule is CC(C)Oc1ccccc1CNC1CCCS(=O)(=O)C1. The minimum atomic E-state index is -2.86. The summed E-state index contributed by atoms with van der Waals surface area (Å²) in [6.07, 6.45) is 1.81. The van der Waals surface area contributed by atoms with E-state index in [1.54, 1.807) is 0 Å². The normalized spacial score (nSPS) is 21.9. The van der Waals surface area contributed by atoms with Crippen LogP contribution in [0.5, 0.6) is 5.75 Å². The van der Waals surface area contributed by atoms with Gasteiger partial charge in [0.15, 0.2) is 9.84 Å². The van der Waals surface area contributed by atoms with Crippen molar-refractivity contribution in [2.45, 2.75) is 45.4 Å². The molecule has 1 N–H and O–H groups in total. The first-order valence-electron chi connectivity index (χ1n) is 7.14. The van der Waals surface area contributed by atoms with Crippen molar-refractivity contribution >= 4 is 9.84 Å². The summed E-state index contributed by atoms with van der Waals surface area (Å²) in [7, 11) is -2.86. The summed E-state index contributed by atoms with van der Waals surface area (Å²) < 4.78 is 29.0. The average Bonchev–Trinajstić information content (AvgIpc) is 2.36. The Morgan fingerprint density at radius 1 is 1.35 bits per heavy atom. The second-order valence-electron chi connectivity index (χ2n) is 5.61. The molecule has 1 fully saturated rings. The van der Waals surface area contributed by atoms with Gasteiger partial charge in [0, 0.05) is 18.2 Å². The summed E-state index contributed by atoms with van der Waals surface area (Å²) in [4.78, 5) is 0. The second-order valence-corrected chi connectivity index (χ2v) is 7.84. The van der Waals surface area contributed by atoms with Crippen LogP contribution in [0.4, 0.5) is 0 Å². The number of nitrogens with one attached hydrogen (secondary N) is 1. The zero-order valence-electron chi connectivity index (χ0n) is 12.1. The van der Waals surface area contributed by atoms with Crippen LogP contribution < -0.4 is 10.1 Å². The topological polar surface area (TPSA) is 55.4 Å². The van der Waals surface area contributed by atoms with E-state index in [-0.39, 0.29) is 17.9 Å². The van der Waals surface area contributed by atoms with Crippen LogP contribution in [0.2, 0.25) is 0 Å². The monoisotopic (exact) mass is 297 g/mol. The van der Waals surface area contributed by atoms with E-state index in [0.717, 1.165) is 24.2 Å². The summed E-state index contributed by atoms with van der Waals surface area (Å²) in [5, 5.41) is 3.35. The van der Waals surface area contributed by atoms with E-state index >= 15 is 0 Å². The molecule has 1 aromatic carbocycles. The van der Waals surface area contributed by atoms with E-state index in [1.165, 1.54) is 0 Å². The smallest absolute Gasteiger partial charge is 0.151 e. The molecule has 1 saturated heterocycles. The Bertz CT molecular complexity index is 540. The van der Waals surface area contributed by atoms with Gasteiger partial charge in [-0.15, -0.1) is 0 Å². The van der Waals surface area contributed by atoms with Gasteiger partial charge in [0.1, 0.15) is 5.75 Å². The van der Waals surface area contributed by atoms with E-state index < -0.39 is 9.84 Å². The molecule has 0 amide bonds. The highest BCUT2D eigenvalue weighted by Crippen LogP contribution is 2.20. The van der Waals surface area contributed by atoms with Crippen LogP contribution in [0.15, 0.2) is 24.3 Å². The van der Waals surface area contributed by atoms with Gasteiger partial charge >= 0.3 is 0 Å². The van der Waals surface area contributed by atoms with Gasteiger partial charge < -0.3 is 10.1 Å². The van der Waals surface area contributed by atoms with Crippen LogP contribution in [0, 0.1) is 0 Å². The lowest BCUT2D eigenvalue weighted by Gasteiger charge is -2.23. The van der Waals surface area contributed by atoms with Crippen LogP contribution in [0.1, 0.15) is 32.3 Å². The fraction of sp³-hybridized carbons (Fsp3) is 0.600. The van der Waals surface area contributed by atoms with Gasteiger partial charge in [0.05, 0.1) is 17.6 Å². The molecule has 0 aliphatic carbocycles. The highest BCUT2D eigenvalue weighted by atomic mass is 32.2. The zero-order chi connectivity index (χ0) is 14.6. The molecule has 5 heteroatoms. The summed E-state index contributed by atoms with van der Waals surface area (Å²) >= 11 is 0. The Kier molecular flexibility index (Phi) is 5.05. The average molecular weight is 297 g/mol. The van der Waals surface area contributed by atoms with Gasteiger partial charge in [-0.3, -0.25) is 0 Å². The second kappa shape index (κ2) is 6.59. The predicted molar refractivity (Wildman–Crippen MR) is 80.7 cm³/mol. The maximum absolute atomic E-state index is 11.6.